The summed E-state index contributed by atoms with van der Waals surface area (Å²) in [5.41, 5.74) is 3.04. The lowest BCUT2D eigenvalue weighted by atomic mass is 10.1. The maximum atomic E-state index is 11.2. The molecule has 19 heavy (non-hydrogen) atoms. The minimum absolute atomic E-state index is 0.0372. The molecule has 102 valence electrons. The van der Waals surface area contributed by atoms with Crippen LogP contribution < -0.4 is 10.6 Å². The van der Waals surface area contributed by atoms with Crippen LogP contribution in [0.4, 0.5) is 5.69 Å². The number of carbonyl (C=O) groups is 2. The number of rotatable bonds is 6. The van der Waals surface area contributed by atoms with Crippen LogP contribution >= 0.6 is 0 Å². The van der Waals surface area contributed by atoms with Gasteiger partial charge in [-0.3, -0.25) is 9.59 Å². The van der Waals surface area contributed by atoms with Crippen molar-refractivity contribution in [3.63, 3.8) is 0 Å². The lowest BCUT2D eigenvalue weighted by molar-refractivity contribution is -0.137. The average Bonchev–Trinajstić information content (AvgIpc) is 2.67. The molecule has 1 unspecified atom stereocenters. The van der Waals surface area contributed by atoms with Gasteiger partial charge >= 0.3 is 5.97 Å². The van der Waals surface area contributed by atoms with Crippen LogP contribution in [0.3, 0.4) is 0 Å². The van der Waals surface area contributed by atoms with Crippen LogP contribution in [-0.4, -0.2) is 23.5 Å². The Bertz CT molecular complexity index is 499. The molecule has 1 aliphatic heterocycles. The van der Waals surface area contributed by atoms with E-state index in [2.05, 4.69) is 10.6 Å². The maximum Gasteiger partial charge on any atom is 0.303 e. The van der Waals surface area contributed by atoms with E-state index in [0.717, 1.165) is 16.8 Å². The minimum atomic E-state index is -0.767. The number of benzene rings is 1. The third kappa shape index (κ3) is 3.79. The first-order valence-corrected chi connectivity index (χ1v) is 6.39. The van der Waals surface area contributed by atoms with Crippen molar-refractivity contribution >= 4 is 17.6 Å². The summed E-state index contributed by atoms with van der Waals surface area (Å²) >= 11 is 0. The van der Waals surface area contributed by atoms with Crippen LogP contribution in [0.5, 0.6) is 0 Å². The van der Waals surface area contributed by atoms with Crippen molar-refractivity contribution in [2.24, 2.45) is 5.92 Å². The second-order valence-corrected chi connectivity index (χ2v) is 5.05. The molecule has 0 spiro atoms. The van der Waals surface area contributed by atoms with Crippen molar-refractivity contribution in [3.8, 4) is 0 Å². The number of carboxylic acid groups (broad SMARTS) is 1. The van der Waals surface area contributed by atoms with Gasteiger partial charge in [0.05, 0.1) is 6.42 Å². The highest BCUT2D eigenvalue weighted by molar-refractivity contribution is 5.99. The quantitative estimate of drug-likeness (QED) is 0.723. The summed E-state index contributed by atoms with van der Waals surface area (Å²) in [6.07, 6.45) is 0.619. The number of anilines is 1. The Labute approximate surface area is 112 Å². The molecule has 3 N–H and O–H groups in total. The number of fused-ring (bicyclic) bond motifs is 1. The topological polar surface area (TPSA) is 78.4 Å². The first-order chi connectivity index (χ1) is 9.04. The van der Waals surface area contributed by atoms with Gasteiger partial charge in [0.1, 0.15) is 0 Å². The molecule has 0 fully saturated rings. The summed E-state index contributed by atoms with van der Waals surface area (Å²) in [5.74, 6) is -0.623. The average molecular weight is 262 g/mol. The van der Waals surface area contributed by atoms with Gasteiger partial charge in [0.15, 0.2) is 0 Å². The lowest BCUT2D eigenvalue weighted by Gasteiger charge is -2.11. The van der Waals surface area contributed by atoms with Gasteiger partial charge in [-0.2, -0.15) is 0 Å². The largest absolute Gasteiger partial charge is 0.481 e. The van der Waals surface area contributed by atoms with Gasteiger partial charge in [0, 0.05) is 18.7 Å². The van der Waals surface area contributed by atoms with Crippen LogP contribution in [-0.2, 0) is 22.6 Å². The summed E-state index contributed by atoms with van der Waals surface area (Å²) in [7, 11) is 0. The second kappa shape index (κ2) is 5.84. The van der Waals surface area contributed by atoms with E-state index in [0.29, 0.717) is 19.5 Å². The van der Waals surface area contributed by atoms with Gasteiger partial charge in [-0.1, -0.05) is 19.1 Å². The summed E-state index contributed by atoms with van der Waals surface area (Å²) in [4.78, 5) is 21.8. The summed E-state index contributed by atoms with van der Waals surface area (Å²) in [6, 6.07) is 5.90. The molecular formula is C14H18N2O3. The number of amides is 1. The number of nitrogens with one attached hydrogen (secondary N) is 2. The van der Waals surface area contributed by atoms with E-state index in [1.807, 2.05) is 25.1 Å². The number of hydrogen-bond donors (Lipinski definition) is 3. The van der Waals surface area contributed by atoms with Crippen LogP contribution in [0.2, 0.25) is 0 Å². The van der Waals surface area contributed by atoms with E-state index in [9.17, 15) is 9.59 Å². The molecule has 1 aromatic rings. The highest BCUT2D eigenvalue weighted by Gasteiger charge is 2.17. The van der Waals surface area contributed by atoms with Crippen LogP contribution in [0.15, 0.2) is 18.2 Å². The molecular weight excluding hydrogens is 244 g/mol. The molecule has 0 bridgehead atoms. The SMILES string of the molecule is CC(CNCc1ccc2c(c1)CC(=O)N2)CC(=O)O. The Hall–Kier alpha value is -1.88. The maximum absolute atomic E-state index is 11.2. The number of aliphatic carboxylic acids is 1. The summed E-state index contributed by atoms with van der Waals surface area (Å²) in [6.45, 7) is 3.26. The molecule has 1 aliphatic rings. The Kier molecular flexibility index (Phi) is 4.16. The van der Waals surface area contributed by atoms with Crippen molar-refractivity contribution in [2.75, 3.05) is 11.9 Å². The van der Waals surface area contributed by atoms with E-state index >= 15 is 0 Å². The van der Waals surface area contributed by atoms with Crippen LogP contribution in [0.25, 0.3) is 0 Å². The van der Waals surface area contributed by atoms with Crippen LogP contribution in [0.1, 0.15) is 24.5 Å². The van der Waals surface area contributed by atoms with Gasteiger partial charge in [0.2, 0.25) is 5.91 Å². The molecule has 1 aromatic carbocycles. The first-order valence-electron chi connectivity index (χ1n) is 6.39. The van der Waals surface area contributed by atoms with E-state index in [4.69, 9.17) is 5.11 Å². The fraction of sp³-hybridized carbons (Fsp3) is 0.429. The van der Waals surface area contributed by atoms with E-state index in [-0.39, 0.29) is 18.2 Å². The number of carboxylic acids is 1. The Morgan fingerprint density at radius 1 is 1.53 bits per heavy atom. The van der Waals surface area contributed by atoms with Crippen LogP contribution in [0, 0.1) is 5.92 Å². The minimum Gasteiger partial charge on any atom is -0.481 e. The summed E-state index contributed by atoms with van der Waals surface area (Å²) in [5, 5.41) is 14.7. The third-order valence-corrected chi connectivity index (χ3v) is 3.14. The van der Waals surface area contributed by atoms with E-state index < -0.39 is 5.97 Å². The molecule has 0 aromatic heterocycles. The molecule has 1 amide bonds. The fourth-order valence-electron chi connectivity index (χ4n) is 2.23. The van der Waals surface area contributed by atoms with Gasteiger partial charge in [-0.15, -0.1) is 0 Å². The zero-order valence-corrected chi connectivity index (χ0v) is 10.9. The molecule has 0 saturated carbocycles. The monoisotopic (exact) mass is 262 g/mol. The predicted octanol–water partition coefficient (Wildman–Crippen LogP) is 1.38. The van der Waals surface area contributed by atoms with Gasteiger partial charge in [0.25, 0.3) is 0 Å². The second-order valence-electron chi connectivity index (χ2n) is 5.05. The normalized spacial score (nSPS) is 14.9. The molecule has 0 aliphatic carbocycles. The van der Waals surface area contributed by atoms with Crippen molar-refractivity contribution in [2.45, 2.75) is 26.3 Å². The third-order valence-electron chi connectivity index (χ3n) is 3.14. The standard InChI is InChI=1S/C14H18N2O3/c1-9(4-14(18)19)7-15-8-10-2-3-12-11(5-10)6-13(17)16-12/h2-3,5,9,15H,4,6-8H2,1H3,(H,16,17)(H,18,19). The van der Waals surface area contributed by atoms with Crippen molar-refractivity contribution < 1.29 is 14.7 Å². The molecule has 1 heterocycles. The molecule has 5 heteroatoms. The van der Waals surface area contributed by atoms with Crippen molar-refractivity contribution in [3.05, 3.63) is 29.3 Å². The molecule has 0 saturated heterocycles. The highest BCUT2D eigenvalue weighted by atomic mass is 16.4. The zero-order chi connectivity index (χ0) is 13.8. The van der Waals surface area contributed by atoms with E-state index in [1.54, 1.807) is 0 Å². The molecule has 0 radical (unpaired) electrons. The zero-order valence-electron chi connectivity index (χ0n) is 10.9. The highest BCUT2D eigenvalue weighted by Crippen LogP contribution is 2.23. The van der Waals surface area contributed by atoms with Gasteiger partial charge < -0.3 is 15.7 Å². The van der Waals surface area contributed by atoms with E-state index in [1.165, 1.54) is 0 Å². The molecule has 1 atom stereocenters. The Morgan fingerprint density at radius 2 is 2.32 bits per heavy atom. The van der Waals surface area contributed by atoms with Crippen molar-refractivity contribution in [1.29, 1.82) is 0 Å². The lowest BCUT2D eigenvalue weighted by Crippen LogP contribution is -2.22. The summed E-state index contributed by atoms with van der Waals surface area (Å²) < 4.78 is 0. The first kappa shape index (κ1) is 13.5. The number of carbonyl (C=O) groups excluding carboxylic acids is 1. The molecule has 5 nitrogen and oxygen atoms in total. The van der Waals surface area contributed by atoms with Gasteiger partial charge in [-0.25, -0.2) is 0 Å². The predicted molar refractivity (Wildman–Crippen MR) is 71.9 cm³/mol. The Balaban J connectivity index is 1.83. The molecule has 2 rings (SSSR count). The fourth-order valence-corrected chi connectivity index (χ4v) is 2.23. The van der Waals surface area contributed by atoms with Gasteiger partial charge in [-0.05, 0) is 29.7 Å². The smallest absolute Gasteiger partial charge is 0.303 e. The number of hydrogen-bond acceptors (Lipinski definition) is 3. The van der Waals surface area contributed by atoms with Crippen molar-refractivity contribution in [1.82, 2.24) is 5.32 Å². The Morgan fingerprint density at radius 3 is 3.05 bits per heavy atom.